The number of unbranched alkanes of at least 4 members (excludes halogenated alkanes) is 4. The van der Waals surface area contributed by atoms with Gasteiger partial charge in [0.15, 0.2) is 0 Å². The highest BCUT2D eigenvalue weighted by Crippen LogP contribution is 2.06. The number of carboxylic acid groups (broad SMARTS) is 1. The molecule has 0 aliphatic rings. The Morgan fingerprint density at radius 1 is 1.31 bits per heavy atom. The summed E-state index contributed by atoms with van der Waals surface area (Å²) in [6.07, 6.45) is 7.41. The number of hydrogen-bond acceptors (Lipinski definition) is 1. The second-order valence-electron chi connectivity index (χ2n) is 3.08. The Kier molecular flexibility index (Phi) is 8.10. The van der Waals surface area contributed by atoms with Crippen molar-refractivity contribution in [3.63, 3.8) is 0 Å². The molecule has 0 radical (unpaired) electrons. The van der Waals surface area contributed by atoms with Crippen LogP contribution in [0, 0.1) is 0 Å². The molecule has 0 saturated carbocycles. The molecule has 2 nitrogen and oxygen atoms in total. The van der Waals surface area contributed by atoms with Crippen LogP contribution in [0.3, 0.4) is 0 Å². The normalized spacial score (nSPS) is 11.7. The Labute approximate surface area is 88.2 Å². The molecular weight excluding hydrogens is 232 g/mol. The standard InChI is InChI=1S/C10H17BrO2/c1-9(10(12)13)7-5-3-2-4-6-8-11/h7H,2-6,8H2,1H3,(H,12,13)/b9-7+. The topological polar surface area (TPSA) is 37.3 Å². The molecule has 0 aromatic carbocycles. The number of aliphatic carboxylic acids is 1. The van der Waals surface area contributed by atoms with Gasteiger partial charge in [-0.25, -0.2) is 4.79 Å². The fourth-order valence-corrected chi connectivity index (χ4v) is 1.39. The van der Waals surface area contributed by atoms with Gasteiger partial charge in [-0.05, 0) is 26.2 Å². The third kappa shape index (κ3) is 8.03. The molecule has 0 fully saturated rings. The maximum Gasteiger partial charge on any atom is 0.330 e. The summed E-state index contributed by atoms with van der Waals surface area (Å²) in [4.78, 5) is 10.4. The Bertz CT molecular complexity index is 176. The van der Waals surface area contributed by atoms with E-state index in [1.807, 2.05) is 0 Å². The van der Waals surface area contributed by atoms with Crippen molar-refractivity contribution in [2.75, 3.05) is 5.33 Å². The molecule has 0 heterocycles. The lowest BCUT2D eigenvalue weighted by Crippen LogP contribution is -1.95. The molecule has 0 atom stereocenters. The van der Waals surface area contributed by atoms with E-state index < -0.39 is 5.97 Å². The van der Waals surface area contributed by atoms with Crippen LogP contribution in [0.15, 0.2) is 11.6 Å². The highest BCUT2D eigenvalue weighted by molar-refractivity contribution is 9.09. The van der Waals surface area contributed by atoms with E-state index in [0.717, 1.165) is 18.2 Å². The van der Waals surface area contributed by atoms with E-state index in [4.69, 9.17) is 5.11 Å². The predicted molar refractivity (Wildman–Crippen MR) is 58.3 cm³/mol. The molecule has 1 N–H and O–H groups in total. The summed E-state index contributed by atoms with van der Waals surface area (Å²) in [7, 11) is 0. The van der Waals surface area contributed by atoms with E-state index in [9.17, 15) is 4.79 Å². The van der Waals surface area contributed by atoms with Crippen molar-refractivity contribution in [2.45, 2.75) is 39.0 Å². The monoisotopic (exact) mass is 248 g/mol. The van der Waals surface area contributed by atoms with Gasteiger partial charge in [-0.15, -0.1) is 0 Å². The third-order valence-electron chi connectivity index (χ3n) is 1.88. The molecule has 0 spiro atoms. The summed E-state index contributed by atoms with van der Waals surface area (Å²) in [5, 5.41) is 9.61. The molecule has 0 aromatic rings. The van der Waals surface area contributed by atoms with Crippen LogP contribution >= 0.6 is 15.9 Å². The number of hydrogen-bond donors (Lipinski definition) is 1. The Hall–Kier alpha value is -0.310. The summed E-state index contributed by atoms with van der Waals surface area (Å²) in [6.45, 7) is 1.64. The van der Waals surface area contributed by atoms with Crippen molar-refractivity contribution in [1.82, 2.24) is 0 Å². The molecular formula is C10H17BrO2. The van der Waals surface area contributed by atoms with E-state index in [1.165, 1.54) is 19.3 Å². The fourth-order valence-electron chi connectivity index (χ4n) is 0.998. The van der Waals surface area contributed by atoms with Crippen LogP contribution in [0.4, 0.5) is 0 Å². The molecule has 13 heavy (non-hydrogen) atoms. The second kappa shape index (κ2) is 8.30. The second-order valence-corrected chi connectivity index (χ2v) is 3.88. The van der Waals surface area contributed by atoms with Gasteiger partial charge >= 0.3 is 5.97 Å². The minimum absolute atomic E-state index is 0.459. The number of rotatable bonds is 7. The lowest BCUT2D eigenvalue weighted by Gasteiger charge is -1.96. The van der Waals surface area contributed by atoms with Crippen LogP contribution in [0.5, 0.6) is 0 Å². The third-order valence-corrected chi connectivity index (χ3v) is 2.44. The maximum absolute atomic E-state index is 10.4. The first-order valence-corrected chi connectivity index (χ1v) is 5.76. The van der Waals surface area contributed by atoms with Crippen LogP contribution < -0.4 is 0 Å². The van der Waals surface area contributed by atoms with Crippen molar-refractivity contribution < 1.29 is 9.90 Å². The van der Waals surface area contributed by atoms with Gasteiger partial charge < -0.3 is 5.11 Å². The summed E-state index contributed by atoms with van der Waals surface area (Å²) in [5.74, 6) is -0.805. The van der Waals surface area contributed by atoms with Gasteiger partial charge in [0.1, 0.15) is 0 Å². The maximum atomic E-state index is 10.4. The van der Waals surface area contributed by atoms with E-state index in [0.29, 0.717) is 5.57 Å². The number of allylic oxidation sites excluding steroid dienone is 1. The fraction of sp³-hybridized carbons (Fsp3) is 0.700. The van der Waals surface area contributed by atoms with Crippen LogP contribution in [0.25, 0.3) is 0 Å². The number of alkyl halides is 1. The summed E-state index contributed by atoms with van der Waals surface area (Å²) < 4.78 is 0. The van der Waals surface area contributed by atoms with Crippen LogP contribution in [0.2, 0.25) is 0 Å². The average molecular weight is 249 g/mol. The minimum atomic E-state index is -0.805. The zero-order valence-corrected chi connectivity index (χ0v) is 9.64. The lowest BCUT2D eigenvalue weighted by atomic mass is 10.1. The molecule has 0 aromatic heterocycles. The number of carbonyl (C=O) groups is 1. The summed E-state index contributed by atoms with van der Waals surface area (Å²) >= 11 is 3.37. The van der Waals surface area contributed by atoms with Crippen molar-refractivity contribution in [1.29, 1.82) is 0 Å². The first kappa shape index (κ1) is 12.7. The minimum Gasteiger partial charge on any atom is -0.478 e. The first-order chi connectivity index (χ1) is 6.18. The van der Waals surface area contributed by atoms with Crippen LogP contribution in [0.1, 0.15) is 39.0 Å². The van der Waals surface area contributed by atoms with Crippen LogP contribution in [-0.2, 0) is 4.79 Å². The summed E-state index contributed by atoms with van der Waals surface area (Å²) in [5.41, 5.74) is 0.459. The SMILES string of the molecule is C/C(=C\CCCCCCBr)C(=O)O. The van der Waals surface area contributed by atoms with E-state index >= 15 is 0 Å². The largest absolute Gasteiger partial charge is 0.478 e. The van der Waals surface area contributed by atoms with E-state index in [-0.39, 0.29) is 0 Å². The first-order valence-electron chi connectivity index (χ1n) is 4.64. The van der Waals surface area contributed by atoms with Crippen molar-refractivity contribution >= 4 is 21.9 Å². The van der Waals surface area contributed by atoms with Gasteiger partial charge in [-0.1, -0.05) is 34.8 Å². The van der Waals surface area contributed by atoms with Crippen molar-refractivity contribution in [3.05, 3.63) is 11.6 Å². The molecule has 0 rings (SSSR count). The zero-order chi connectivity index (χ0) is 10.1. The van der Waals surface area contributed by atoms with E-state index in [1.54, 1.807) is 13.0 Å². The van der Waals surface area contributed by atoms with Gasteiger partial charge in [0.2, 0.25) is 0 Å². The van der Waals surface area contributed by atoms with Crippen LogP contribution in [-0.4, -0.2) is 16.4 Å². The molecule has 0 unspecified atom stereocenters. The molecule has 0 amide bonds. The molecule has 0 aliphatic heterocycles. The molecule has 0 aliphatic carbocycles. The van der Waals surface area contributed by atoms with Crippen molar-refractivity contribution in [2.24, 2.45) is 0 Å². The predicted octanol–water partition coefficient (Wildman–Crippen LogP) is 3.36. The van der Waals surface area contributed by atoms with Gasteiger partial charge in [0.25, 0.3) is 0 Å². The Morgan fingerprint density at radius 2 is 1.92 bits per heavy atom. The molecule has 3 heteroatoms. The quantitative estimate of drug-likeness (QED) is 0.426. The molecule has 0 saturated heterocycles. The van der Waals surface area contributed by atoms with Gasteiger partial charge in [0.05, 0.1) is 0 Å². The zero-order valence-electron chi connectivity index (χ0n) is 8.05. The molecule has 0 bridgehead atoms. The van der Waals surface area contributed by atoms with Gasteiger partial charge in [-0.3, -0.25) is 0 Å². The highest BCUT2D eigenvalue weighted by atomic mass is 79.9. The highest BCUT2D eigenvalue weighted by Gasteiger charge is 1.97. The van der Waals surface area contributed by atoms with E-state index in [2.05, 4.69) is 15.9 Å². The molecule has 76 valence electrons. The Balaban J connectivity index is 3.34. The smallest absolute Gasteiger partial charge is 0.330 e. The van der Waals surface area contributed by atoms with Gasteiger partial charge in [0, 0.05) is 10.9 Å². The number of halogens is 1. The number of carboxylic acids is 1. The van der Waals surface area contributed by atoms with Gasteiger partial charge in [-0.2, -0.15) is 0 Å². The summed E-state index contributed by atoms with van der Waals surface area (Å²) in [6, 6.07) is 0. The lowest BCUT2D eigenvalue weighted by molar-refractivity contribution is -0.132. The van der Waals surface area contributed by atoms with Crippen molar-refractivity contribution in [3.8, 4) is 0 Å². The Morgan fingerprint density at radius 3 is 2.46 bits per heavy atom. The average Bonchev–Trinajstić information content (AvgIpc) is 2.10.